The molecule has 0 amide bonds. The van der Waals surface area contributed by atoms with E-state index in [4.69, 9.17) is 11.6 Å². The van der Waals surface area contributed by atoms with Crippen LogP contribution in [0.1, 0.15) is 21.5 Å². The van der Waals surface area contributed by atoms with Gasteiger partial charge in [0.05, 0.1) is 11.9 Å². The molecular formula is C16H18ClN3O2. The Bertz CT molecular complexity index is 781. The molecule has 6 heteroatoms. The second kappa shape index (κ2) is 6.32. The molecule has 22 heavy (non-hydrogen) atoms. The molecule has 5 nitrogen and oxygen atoms in total. The number of ketones is 1. The van der Waals surface area contributed by atoms with Gasteiger partial charge in [-0.25, -0.2) is 4.68 Å². The molecule has 0 unspecified atom stereocenters. The topological polar surface area (TPSA) is 55.2 Å². The molecule has 0 spiro atoms. The van der Waals surface area contributed by atoms with E-state index in [1.54, 1.807) is 25.1 Å². The van der Waals surface area contributed by atoms with E-state index in [-0.39, 0.29) is 17.4 Å². The largest absolute Gasteiger partial charge is 0.375 e. The smallest absolute Gasteiger partial charge is 0.288 e. The number of hydrogen-bond donors (Lipinski definition) is 0. The molecule has 0 aliphatic rings. The summed E-state index contributed by atoms with van der Waals surface area (Å²) in [6.07, 6.45) is 1.48. The molecule has 2 rings (SSSR count). The van der Waals surface area contributed by atoms with E-state index in [2.05, 4.69) is 5.10 Å². The normalized spacial score (nSPS) is 10.6. The van der Waals surface area contributed by atoms with Gasteiger partial charge in [-0.3, -0.25) is 9.59 Å². The zero-order valence-corrected chi connectivity index (χ0v) is 13.8. The Kier molecular flexibility index (Phi) is 4.66. The van der Waals surface area contributed by atoms with Crippen molar-refractivity contribution in [2.45, 2.75) is 20.4 Å². The monoisotopic (exact) mass is 319 g/mol. The van der Waals surface area contributed by atoms with Crippen molar-refractivity contribution in [2.75, 3.05) is 19.0 Å². The minimum absolute atomic E-state index is 0.0629. The third kappa shape index (κ3) is 3.20. The highest BCUT2D eigenvalue weighted by Gasteiger charge is 2.14. The summed E-state index contributed by atoms with van der Waals surface area (Å²) in [5, 5.41) is 4.09. The first-order valence-corrected chi connectivity index (χ1v) is 7.22. The third-order valence-corrected chi connectivity index (χ3v) is 3.93. The Labute approximate surface area is 134 Å². The van der Waals surface area contributed by atoms with Crippen LogP contribution in [-0.4, -0.2) is 29.7 Å². The van der Waals surface area contributed by atoms with Crippen molar-refractivity contribution >= 4 is 23.1 Å². The number of Topliss-reactive ketones (excluding diaryl/α,β-unsaturated/α-hetero) is 1. The van der Waals surface area contributed by atoms with Gasteiger partial charge >= 0.3 is 0 Å². The molecule has 0 radical (unpaired) electrons. The molecular weight excluding hydrogens is 302 g/mol. The van der Waals surface area contributed by atoms with E-state index < -0.39 is 5.56 Å². The van der Waals surface area contributed by atoms with Gasteiger partial charge in [-0.1, -0.05) is 23.7 Å². The second-order valence-electron chi connectivity index (χ2n) is 5.42. The minimum Gasteiger partial charge on any atom is -0.375 e. The zero-order chi connectivity index (χ0) is 16.4. The Morgan fingerprint density at radius 1 is 1.27 bits per heavy atom. The quantitative estimate of drug-likeness (QED) is 0.812. The van der Waals surface area contributed by atoms with Crippen LogP contribution >= 0.6 is 11.6 Å². The summed E-state index contributed by atoms with van der Waals surface area (Å²) in [5.74, 6) is -0.175. The van der Waals surface area contributed by atoms with Crippen molar-refractivity contribution in [2.24, 2.45) is 0 Å². The standard InChI is InChI=1S/C16H18ClN3O2/c1-10-5-6-12(7-11(10)2)14(21)9-20-16(22)15(17)13(8-18-20)19(3)4/h5-8H,9H2,1-4H3. The van der Waals surface area contributed by atoms with E-state index in [0.29, 0.717) is 11.3 Å². The fraction of sp³-hybridized carbons (Fsp3) is 0.312. The Hall–Kier alpha value is -2.14. The number of halogens is 1. The summed E-state index contributed by atoms with van der Waals surface area (Å²) < 4.78 is 1.09. The van der Waals surface area contributed by atoms with E-state index in [9.17, 15) is 9.59 Å². The summed E-state index contributed by atoms with van der Waals surface area (Å²) in [5.41, 5.74) is 2.77. The van der Waals surface area contributed by atoms with Gasteiger partial charge < -0.3 is 4.90 Å². The molecule has 1 heterocycles. The summed E-state index contributed by atoms with van der Waals surface area (Å²) in [6.45, 7) is 3.80. The molecule has 1 aromatic heterocycles. The van der Waals surface area contributed by atoms with Crippen LogP contribution in [0, 0.1) is 13.8 Å². The lowest BCUT2D eigenvalue weighted by Crippen LogP contribution is -2.28. The minimum atomic E-state index is -0.468. The Morgan fingerprint density at radius 2 is 1.95 bits per heavy atom. The highest BCUT2D eigenvalue weighted by atomic mass is 35.5. The van der Waals surface area contributed by atoms with Crippen LogP contribution in [0.25, 0.3) is 0 Å². The van der Waals surface area contributed by atoms with E-state index in [1.165, 1.54) is 6.20 Å². The van der Waals surface area contributed by atoms with Crippen molar-refractivity contribution < 1.29 is 4.79 Å². The van der Waals surface area contributed by atoms with Crippen molar-refractivity contribution in [1.29, 1.82) is 0 Å². The number of carbonyl (C=O) groups is 1. The van der Waals surface area contributed by atoms with Crippen LogP contribution in [0.15, 0.2) is 29.2 Å². The van der Waals surface area contributed by atoms with Crippen molar-refractivity contribution in [1.82, 2.24) is 9.78 Å². The highest BCUT2D eigenvalue weighted by Crippen LogP contribution is 2.18. The fourth-order valence-electron chi connectivity index (χ4n) is 2.02. The molecule has 0 saturated heterocycles. The summed E-state index contributed by atoms with van der Waals surface area (Å²) >= 11 is 6.04. The van der Waals surface area contributed by atoms with Gasteiger partial charge in [-0.15, -0.1) is 0 Å². The predicted octanol–water partition coefficient (Wildman–Crippen LogP) is 2.46. The molecule has 0 bridgehead atoms. The first-order chi connectivity index (χ1) is 10.3. The van der Waals surface area contributed by atoms with Gasteiger partial charge in [-0.2, -0.15) is 5.10 Å². The first-order valence-electron chi connectivity index (χ1n) is 6.84. The van der Waals surface area contributed by atoms with Crippen LogP contribution in [-0.2, 0) is 6.54 Å². The molecule has 0 aliphatic heterocycles. The first kappa shape index (κ1) is 16.2. The molecule has 2 aromatic rings. The van der Waals surface area contributed by atoms with Crippen molar-refractivity contribution in [3.63, 3.8) is 0 Å². The number of anilines is 1. The lowest BCUT2D eigenvalue weighted by Gasteiger charge is -2.14. The van der Waals surface area contributed by atoms with Gasteiger partial charge in [0.25, 0.3) is 5.56 Å². The van der Waals surface area contributed by atoms with Gasteiger partial charge in [0.2, 0.25) is 0 Å². The molecule has 0 aliphatic carbocycles. The van der Waals surface area contributed by atoms with Crippen LogP contribution in [0.2, 0.25) is 5.02 Å². The van der Waals surface area contributed by atoms with E-state index >= 15 is 0 Å². The number of hydrogen-bond acceptors (Lipinski definition) is 4. The van der Waals surface area contributed by atoms with Gasteiger partial charge in [0.1, 0.15) is 11.6 Å². The van der Waals surface area contributed by atoms with Crippen LogP contribution in [0.4, 0.5) is 5.69 Å². The molecule has 1 aromatic carbocycles. The fourth-order valence-corrected chi connectivity index (χ4v) is 2.34. The Balaban J connectivity index is 2.31. The molecule has 0 fully saturated rings. The average Bonchev–Trinajstić information content (AvgIpc) is 2.46. The summed E-state index contributed by atoms with van der Waals surface area (Å²) in [6, 6.07) is 5.46. The molecule has 0 atom stereocenters. The number of rotatable bonds is 4. The number of nitrogens with zero attached hydrogens (tertiary/aromatic N) is 3. The average molecular weight is 320 g/mol. The Morgan fingerprint density at radius 3 is 2.55 bits per heavy atom. The van der Waals surface area contributed by atoms with Gasteiger partial charge in [0.15, 0.2) is 5.78 Å². The summed E-state index contributed by atoms with van der Waals surface area (Å²) in [4.78, 5) is 26.2. The SMILES string of the molecule is Cc1ccc(C(=O)Cn2ncc(N(C)C)c(Cl)c2=O)cc1C. The van der Waals surface area contributed by atoms with Crippen LogP contribution in [0.5, 0.6) is 0 Å². The lowest BCUT2D eigenvalue weighted by molar-refractivity contribution is 0.0965. The van der Waals surface area contributed by atoms with Crippen molar-refractivity contribution in [3.8, 4) is 0 Å². The predicted molar refractivity (Wildman–Crippen MR) is 88.1 cm³/mol. The van der Waals surface area contributed by atoms with E-state index in [0.717, 1.165) is 15.8 Å². The lowest BCUT2D eigenvalue weighted by atomic mass is 10.0. The number of carbonyl (C=O) groups excluding carboxylic acids is 1. The van der Waals surface area contributed by atoms with Crippen LogP contribution in [0.3, 0.4) is 0 Å². The molecule has 116 valence electrons. The number of aromatic nitrogens is 2. The van der Waals surface area contributed by atoms with Gasteiger partial charge in [0, 0.05) is 19.7 Å². The zero-order valence-electron chi connectivity index (χ0n) is 13.1. The number of benzene rings is 1. The van der Waals surface area contributed by atoms with Crippen molar-refractivity contribution in [3.05, 3.63) is 56.5 Å². The van der Waals surface area contributed by atoms with Crippen LogP contribution < -0.4 is 10.5 Å². The van der Waals surface area contributed by atoms with Gasteiger partial charge in [-0.05, 0) is 31.0 Å². The summed E-state index contributed by atoms with van der Waals surface area (Å²) in [7, 11) is 3.54. The maximum Gasteiger partial charge on any atom is 0.288 e. The number of aryl methyl sites for hydroxylation is 2. The third-order valence-electron chi connectivity index (χ3n) is 3.57. The molecule has 0 saturated carbocycles. The molecule has 0 N–H and O–H groups in total. The van der Waals surface area contributed by atoms with E-state index in [1.807, 2.05) is 26.0 Å². The second-order valence-corrected chi connectivity index (χ2v) is 5.80. The maximum absolute atomic E-state index is 12.3. The maximum atomic E-state index is 12.3. The highest BCUT2D eigenvalue weighted by molar-refractivity contribution is 6.33.